The van der Waals surface area contributed by atoms with E-state index in [1.807, 2.05) is 36.6 Å². The summed E-state index contributed by atoms with van der Waals surface area (Å²) in [5.74, 6) is -0.323. The van der Waals surface area contributed by atoms with Crippen molar-refractivity contribution in [1.29, 1.82) is 0 Å². The molecule has 2 aromatic rings. The molecule has 0 bridgehead atoms. The normalized spacial score (nSPS) is 12.8. The van der Waals surface area contributed by atoms with Gasteiger partial charge in [-0.05, 0) is 54.5 Å². The van der Waals surface area contributed by atoms with Crippen LogP contribution in [0, 0.1) is 5.92 Å². The van der Waals surface area contributed by atoms with E-state index in [0.29, 0.717) is 42.3 Å². The van der Waals surface area contributed by atoms with Gasteiger partial charge in [-0.1, -0.05) is 55.8 Å². The number of carboxylic acids is 1. The molecule has 1 amide bonds. The standard InChI is InChI=1S/C26H36ClN3O4S.3ClH/c1-17(2)23(28-15-19-14-20(27)9-10-24(19)31)16-29-22(13-18-7-5-4-6-8-18)25(32)30-21(26(33)34)11-12-35-3;;;/h4-10,14,17,21-23,28-29,31H,11-13,15-16H2,1-3H3,(H,30,32)(H,33,34);3*1H/t21-,22-,23+;;;/m0.../s1. The fourth-order valence-electron chi connectivity index (χ4n) is 3.62. The van der Waals surface area contributed by atoms with Crippen molar-refractivity contribution in [3.8, 4) is 5.75 Å². The van der Waals surface area contributed by atoms with Crippen molar-refractivity contribution in [2.75, 3.05) is 18.6 Å². The molecule has 12 heteroatoms. The van der Waals surface area contributed by atoms with Gasteiger partial charge in [0.15, 0.2) is 0 Å². The Morgan fingerprint density at radius 3 is 2.24 bits per heavy atom. The molecule has 0 saturated carbocycles. The van der Waals surface area contributed by atoms with Crippen LogP contribution in [0.25, 0.3) is 0 Å². The average molecular weight is 631 g/mol. The molecule has 216 valence electrons. The number of amides is 1. The Morgan fingerprint density at radius 2 is 1.66 bits per heavy atom. The lowest BCUT2D eigenvalue weighted by molar-refractivity contribution is -0.142. The first kappa shape index (κ1) is 38.8. The maximum atomic E-state index is 13.2. The minimum absolute atomic E-state index is 0. The SMILES string of the molecule is CSCC[C@H](NC(=O)[C@H](Cc1ccccc1)NC[C@@H](NCc1cc(Cl)ccc1O)C(C)C)C(=O)O.Cl.Cl.Cl. The Hall–Kier alpha value is -1.39. The van der Waals surface area contributed by atoms with E-state index >= 15 is 0 Å². The molecule has 38 heavy (non-hydrogen) atoms. The molecule has 0 heterocycles. The zero-order valence-corrected chi connectivity index (χ0v) is 25.7. The summed E-state index contributed by atoms with van der Waals surface area (Å²) >= 11 is 7.61. The fourth-order valence-corrected chi connectivity index (χ4v) is 4.29. The van der Waals surface area contributed by atoms with E-state index in [2.05, 4.69) is 29.8 Å². The summed E-state index contributed by atoms with van der Waals surface area (Å²) in [4.78, 5) is 24.8. The number of phenols is 1. The van der Waals surface area contributed by atoms with Crippen LogP contribution in [0.4, 0.5) is 0 Å². The fraction of sp³-hybridized carbons (Fsp3) is 0.462. The van der Waals surface area contributed by atoms with Crippen molar-refractivity contribution in [3.05, 3.63) is 64.7 Å². The van der Waals surface area contributed by atoms with Crippen LogP contribution >= 0.6 is 60.6 Å². The number of halogens is 4. The summed E-state index contributed by atoms with van der Waals surface area (Å²) in [6, 6.07) is 13.0. The highest BCUT2D eigenvalue weighted by Crippen LogP contribution is 2.21. The van der Waals surface area contributed by atoms with Gasteiger partial charge in [-0.15, -0.1) is 37.2 Å². The number of carbonyl (C=O) groups excluding carboxylic acids is 1. The monoisotopic (exact) mass is 629 g/mol. The summed E-state index contributed by atoms with van der Waals surface area (Å²) in [5, 5.41) is 29.7. The third-order valence-corrected chi connectivity index (χ3v) is 6.69. The van der Waals surface area contributed by atoms with Crippen molar-refractivity contribution in [2.24, 2.45) is 5.92 Å². The van der Waals surface area contributed by atoms with Crippen LogP contribution in [-0.4, -0.2) is 58.8 Å². The van der Waals surface area contributed by atoms with Gasteiger partial charge in [0.05, 0.1) is 6.04 Å². The highest BCUT2D eigenvalue weighted by atomic mass is 35.5. The Labute approximate surface area is 253 Å². The molecule has 0 unspecified atom stereocenters. The summed E-state index contributed by atoms with van der Waals surface area (Å²) in [6.07, 6.45) is 2.70. The highest BCUT2D eigenvalue weighted by Gasteiger charge is 2.26. The zero-order valence-electron chi connectivity index (χ0n) is 21.7. The third kappa shape index (κ3) is 13.6. The van der Waals surface area contributed by atoms with Crippen molar-refractivity contribution in [3.63, 3.8) is 0 Å². The lowest BCUT2D eigenvalue weighted by Gasteiger charge is -2.27. The predicted molar refractivity (Wildman–Crippen MR) is 165 cm³/mol. The quantitative estimate of drug-likeness (QED) is 0.189. The van der Waals surface area contributed by atoms with Crippen molar-refractivity contribution in [1.82, 2.24) is 16.0 Å². The van der Waals surface area contributed by atoms with Crippen LogP contribution in [0.2, 0.25) is 5.02 Å². The number of aromatic hydroxyl groups is 1. The summed E-state index contributed by atoms with van der Waals surface area (Å²) < 4.78 is 0. The summed E-state index contributed by atoms with van der Waals surface area (Å²) in [5.41, 5.74) is 1.67. The van der Waals surface area contributed by atoms with Gasteiger partial charge >= 0.3 is 5.97 Å². The minimum atomic E-state index is -1.03. The molecule has 3 atom stereocenters. The molecule has 2 rings (SSSR count). The average Bonchev–Trinajstić information content (AvgIpc) is 2.82. The molecule has 0 radical (unpaired) electrons. The van der Waals surface area contributed by atoms with Gasteiger partial charge in [0.25, 0.3) is 0 Å². The third-order valence-electron chi connectivity index (χ3n) is 5.81. The van der Waals surface area contributed by atoms with E-state index in [0.717, 1.165) is 5.56 Å². The van der Waals surface area contributed by atoms with Crippen LogP contribution in [0.15, 0.2) is 48.5 Å². The molecule has 0 aliphatic carbocycles. The molecule has 0 aromatic heterocycles. The molecule has 0 aliphatic heterocycles. The Morgan fingerprint density at radius 1 is 1.00 bits per heavy atom. The van der Waals surface area contributed by atoms with E-state index < -0.39 is 18.1 Å². The molecular formula is C26H39Cl4N3O4S. The first-order chi connectivity index (χ1) is 16.7. The van der Waals surface area contributed by atoms with Gasteiger partial charge in [0.2, 0.25) is 5.91 Å². The number of carboxylic acid groups (broad SMARTS) is 1. The second-order valence-corrected chi connectivity index (χ2v) is 10.3. The molecule has 0 fully saturated rings. The number of rotatable bonds is 15. The van der Waals surface area contributed by atoms with Crippen LogP contribution in [-0.2, 0) is 22.6 Å². The van der Waals surface area contributed by atoms with Gasteiger partial charge in [-0.3, -0.25) is 4.79 Å². The van der Waals surface area contributed by atoms with Crippen LogP contribution < -0.4 is 16.0 Å². The second-order valence-electron chi connectivity index (χ2n) is 8.84. The number of hydrogen-bond donors (Lipinski definition) is 5. The van der Waals surface area contributed by atoms with Gasteiger partial charge < -0.3 is 26.2 Å². The van der Waals surface area contributed by atoms with Gasteiger partial charge in [-0.25, -0.2) is 4.79 Å². The van der Waals surface area contributed by atoms with E-state index in [4.69, 9.17) is 11.6 Å². The lowest BCUT2D eigenvalue weighted by atomic mass is 10.0. The molecule has 0 saturated heterocycles. The predicted octanol–water partition coefficient (Wildman–Crippen LogP) is 4.95. The molecule has 0 spiro atoms. The van der Waals surface area contributed by atoms with E-state index in [9.17, 15) is 19.8 Å². The lowest BCUT2D eigenvalue weighted by Crippen LogP contribution is -2.54. The van der Waals surface area contributed by atoms with E-state index in [-0.39, 0.29) is 60.8 Å². The summed E-state index contributed by atoms with van der Waals surface area (Å²) in [6.45, 7) is 5.05. The van der Waals surface area contributed by atoms with E-state index in [1.165, 1.54) is 0 Å². The van der Waals surface area contributed by atoms with Crippen LogP contribution in [0.3, 0.4) is 0 Å². The van der Waals surface area contributed by atoms with Gasteiger partial charge in [0.1, 0.15) is 11.8 Å². The van der Waals surface area contributed by atoms with Crippen molar-refractivity contribution in [2.45, 2.75) is 51.4 Å². The smallest absolute Gasteiger partial charge is 0.326 e. The van der Waals surface area contributed by atoms with Crippen LogP contribution in [0.5, 0.6) is 5.75 Å². The maximum Gasteiger partial charge on any atom is 0.326 e. The number of thioether (sulfide) groups is 1. The number of nitrogens with one attached hydrogen (secondary N) is 3. The van der Waals surface area contributed by atoms with Gasteiger partial charge in [0, 0.05) is 29.7 Å². The number of phenolic OH excluding ortho intramolecular Hbond substituents is 1. The maximum absolute atomic E-state index is 13.2. The first-order valence-corrected chi connectivity index (χ1v) is 13.5. The van der Waals surface area contributed by atoms with E-state index in [1.54, 1.807) is 30.0 Å². The molecular weight excluding hydrogens is 592 g/mol. The second kappa shape index (κ2) is 20.5. The van der Waals surface area contributed by atoms with Crippen molar-refractivity contribution < 1.29 is 19.8 Å². The van der Waals surface area contributed by atoms with Gasteiger partial charge in [-0.2, -0.15) is 11.8 Å². The Bertz CT molecular complexity index is 957. The topological polar surface area (TPSA) is 111 Å². The Kier molecular flexibility index (Phi) is 20.9. The first-order valence-electron chi connectivity index (χ1n) is 11.7. The molecule has 0 aliphatic rings. The Balaban J connectivity index is 0. The van der Waals surface area contributed by atoms with Crippen LogP contribution in [0.1, 0.15) is 31.4 Å². The largest absolute Gasteiger partial charge is 0.508 e. The minimum Gasteiger partial charge on any atom is -0.508 e. The number of hydrogen-bond acceptors (Lipinski definition) is 6. The highest BCUT2D eigenvalue weighted by molar-refractivity contribution is 7.98. The molecule has 7 nitrogen and oxygen atoms in total. The zero-order chi connectivity index (χ0) is 25.8. The molecule has 2 aromatic carbocycles. The molecule has 5 N–H and O–H groups in total. The number of aliphatic carboxylic acids is 1. The number of carbonyl (C=O) groups is 2. The number of benzene rings is 2. The summed E-state index contributed by atoms with van der Waals surface area (Å²) in [7, 11) is 0. The van der Waals surface area contributed by atoms with Crippen molar-refractivity contribution >= 4 is 72.5 Å².